The zero-order chi connectivity index (χ0) is 11.4. The van der Waals surface area contributed by atoms with Crippen LogP contribution >= 0.6 is 0 Å². The summed E-state index contributed by atoms with van der Waals surface area (Å²) in [6.45, 7) is 0.996. The zero-order valence-electron chi connectivity index (χ0n) is 9.06. The van der Waals surface area contributed by atoms with E-state index in [0.717, 1.165) is 29.7 Å². The minimum absolute atomic E-state index is 0.348. The summed E-state index contributed by atoms with van der Waals surface area (Å²) in [5, 5.41) is 8.82. The summed E-state index contributed by atoms with van der Waals surface area (Å²) >= 11 is 0. The number of benzene rings is 1. The summed E-state index contributed by atoms with van der Waals surface area (Å²) in [4.78, 5) is 4.53. The first kappa shape index (κ1) is 10.7. The molecule has 82 valence electrons. The van der Waals surface area contributed by atoms with Gasteiger partial charge in [-0.2, -0.15) is 5.26 Å². The second-order valence-electron chi connectivity index (χ2n) is 3.65. The van der Waals surface area contributed by atoms with E-state index in [4.69, 9.17) is 11.0 Å². The van der Waals surface area contributed by atoms with Crippen LogP contribution in [-0.2, 0) is 13.0 Å². The molecule has 0 spiro atoms. The average Bonchev–Trinajstić information content (AvgIpc) is 2.66. The van der Waals surface area contributed by atoms with E-state index < -0.39 is 0 Å². The summed E-state index contributed by atoms with van der Waals surface area (Å²) in [7, 11) is 0. The molecule has 0 saturated heterocycles. The highest BCUT2D eigenvalue weighted by molar-refractivity contribution is 5.76. The van der Waals surface area contributed by atoms with Crippen molar-refractivity contribution in [2.24, 2.45) is 5.73 Å². The molecule has 1 aromatic heterocycles. The number of rotatable bonds is 4. The van der Waals surface area contributed by atoms with Gasteiger partial charge in [0, 0.05) is 6.42 Å². The van der Waals surface area contributed by atoms with E-state index in [1.54, 1.807) is 0 Å². The van der Waals surface area contributed by atoms with Crippen molar-refractivity contribution < 1.29 is 0 Å². The number of aryl methyl sites for hydroxylation is 1. The van der Waals surface area contributed by atoms with Crippen molar-refractivity contribution in [3.63, 3.8) is 0 Å². The van der Waals surface area contributed by atoms with Crippen molar-refractivity contribution >= 4 is 11.0 Å². The van der Waals surface area contributed by atoms with Crippen LogP contribution < -0.4 is 5.73 Å². The Kier molecular flexibility index (Phi) is 3.18. The van der Waals surface area contributed by atoms with E-state index >= 15 is 0 Å². The Hall–Kier alpha value is -1.86. The highest BCUT2D eigenvalue weighted by Crippen LogP contribution is 2.16. The number of nitrogens with zero attached hydrogens (tertiary/aromatic N) is 3. The molecule has 4 heteroatoms. The molecule has 1 heterocycles. The molecule has 0 unspecified atom stereocenters. The normalized spacial score (nSPS) is 10.5. The zero-order valence-corrected chi connectivity index (χ0v) is 9.06. The van der Waals surface area contributed by atoms with Gasteiger partial charge in [-0.1, -0.05) is 12.1 Å². The Morgan fingerprint density at radius 3 is 2.94 bits per heavy atom. The van der Waals surface area contributed by atoms with Gasteiger partial charge in [-0.25, -0.2) is 4.98 Å². The molecule has 0 aliphatic rings. The molecule has 0 bridgehead atoms. The molecule has 2 rings (SSSR count). The lowest BCUT2D eigenvalue weighted by molar-refractivity contribution is 0.716. The van der Waals surface area contributed by atoms with Crippen LogP contribution in [0.4, 0.5) is 0 Å². The standard InChI is InChI=1S/C12H14N4/c13-7-3-6-12-15-10-4-1-2-5-11(10)16(12)9-8-14/h1-2,4-5H,3,6-7,9,13H2. The maximum atomic E-state index is 8.82. The Bertz CT molecular complexity index is 521. The van der Waals surface area contributed by atoms with Gasteiger partial charge in [0.1, 0.15) is 12.4 Å². The second kappa shape index (κ2) is 4.77. The van der Waals surface area contributed by atoms with Crippen molar-refractivity contribution in [2.45, 2.75) is 19.4 Å². The van der Waals surface area contributed by atoms with Gasteiger partial charge in [0.2, 0.25) is 0 Å². The molecule has 0 aliphatic carbocycles. The maximum absolute atomic E-state index is 8.82. The van der Waals surface area contributed by atoms with E-state index in [9.17, 15) is 0 Å². The Balaban J connectivity index is 2.46. The minimum Gasteiger partial charge on any atom is -0.330 e. The molecule has 0 fully saturated rings. The Labute approximate surface area is 94.3 Å². The monoisotopic (exact) mass is 214 g/mol. The largest absolute Gasteiger partial charge is 0.330 e. The molecule has 0 atom stereocenters. The summed E-state index contributed by atoms with van der Waals surface area (Å²) in [5.41, 5.74) is 7.47. The van der Waals surface area contributed by atoms with Gasteiger partial charge in [-0.05, 0) is 25.1 Å². The predicted octanol–water partition coefficient (Wildman–Crippen LogP) is 1.45. The third-order valence-electron chi connectivity index (χ3n) is 2.57. The second-order valence-corrected chi connectivity index (χ2v) is 3.65. The van der Waals surface area contributed by atoms with Gasteiger partial charge in [-0.15, -0.1) is 0 Å². The fourth-order valence-electron chi connectivity index (χ4n) is 1.82. The molecular formula is C12H14N4. The van der Waals surface area contributed by atoms with Gasteiger partial charge < -0.3 is 10.3 Å². The minimum atomic E-state index is 0.348. The summed E-state index contributed by atoms with van der Waals surface area (Å²) in [5.74, 6) is 0.952. The Morgan fingerprint density at radius 2 is 2.19 bits per heavy atom. The quantitative estimate of drug-likeness (QED) is 0.837. The van der Waals surface area contributed by atoms with Crippen LogP contribution in [0.25, 0.3) is 11.0 Å². The number of fused-ring (bicyclic) bond motifs is 1. The molecule has 0 aliphatic heterocycles. The number of imidazole rings is 1. The van der Waals surface area contributed by atoms with Crippen molar-refractivity contribution in [3.05, 3.63) is 30.1 Å². The molecule has 0 saturated carbocycles. The first-order valence-electron chi connectivity index (χ1n) is 5.38. The third-order valence-corrected chi connectivity index (χ3v) is 2.57. The number of nitriles is 1. The van der Waals surface area contributed by atoms with Crippen LogP contribution in [0.5, 0.6) is 0 Å². The molecule has 0 radical (unpaired) electrons. The third kappa shape index (κ3) is 1.90. The number of aromatic nitrogens is 2. The maximum Gasteiger partial charge on any atom is 0.111 e. The predicted molar refractivity (Wildman–Crippen MR) is 62.7 cm³/mol. The topological polar surface area (TPSA) is 67.6 Å². The van der Waals surface area contributed by atoms with Crippen LogP contribution in [0.1, 0.15) is 12.2 Å². The molecule has 1 aromatic carbocycles. The summed E-state index contributed by atoms with van der Waals surface area (Å²) in [6, 6.07) is 10.0. The Morgan fingerprint density at radius 1 is 1.38 bits per heavy atom. The van der Waals surface area contributed by atoms with Crippen molar-refractivity contribution in [1.82, 2.24) is 9.55 Å². The fourth-order valence-corrected chi connectivity index (χ4v) is 1.82. The van der Waals surface area contributed by atoms with E-state index in [2.05, 4.69) is 11.1 Å². The van der Waals surface area contributed by atoms with E-state index in [-0.39, 0.29) is 0 Å². The number of nitrogens with two attached hydrogens (primary N) is 1. The average molecular weight is 214 g/mol. The van der Waals surface area contributed by atoms with Crippen LogP contribution in [0.15, 0.2) is 24.3 Å². The van der Waals surface area contributed by atoms with E-state index in [1.165, 1.54) is 0 Å². The highest BCUT2D eigenvalue weighted by atomic mass is 15.1. The van der Waals surface area contributed by atoms with Crippen molar-refractivity contribution in [3.8, 4) is 6.07 Å². The lowest BCUT2D eigenvalue weighted by atomic mass is 10.3. The molecule has 2 N–H and O–H groups in total. The SMILES string of the molecule is N#CCn1c(CCCN)nc2ccccc21. The molecular weight excluding hydrogens is 200 g/mol. The summed E-state index contributed by atoms with van der Waals surface area (Å²) < 4.78 is 1.96. The summed E-state index contributed by atoms with van der Waals surface area (Å²) in [6.07, 6.45) is 1.72. The van der Waals surface area contributed by atoms with Gasteiger partial charge in [-0.3, -0.25) is 0 Å². The number of hydrogen-bond donors (Lipinski definition) is 1. The van der Waals surface area contributed by atoms with Crippen molar-refractivity contribution in [1.29, 1.82) is 5.26 Å². The van der Waals surface area contributed by atoms with Crippen LogP contribution in [0.2, 0.25) is 0 Å². The van der Waals surface area contributed by atoms with Gasteiger partial charge in [0.15, 0.2) is 0 Å². The number of para-hydroxylation sites is 2. The molecule has 2 aromatic rings. The first-order chi connectivity index (χ1) is 7.86. The molecule has 4 nitrogen and oxygen atoms in total. The lowest BCUT2D eigenvalue weighted by Gasteiger charge is -2.03. The highest BCUT2D eigenvalue weighted by Gasteiger charge is 2.08. The molecule has 16 heavy (non-hydrogen) atoms. The lowest BCUT2D eigenvalue weighted by Crippen LogP contribution is -2.06. The van der Waals surface area contributed by atoms with Crippen molar-refractivity contribution in [2.75, 3.05) is 6.54 Å². The van der Waals surface area contributed by atoms with Gasteiger partial charge >= 0.3 is 0 Å². The number of hydrogen-bond acceptors (Lipinski definition) is 3. The fraction of sp³-hybridized carbons (Fsp3) is 0.333. The van der Waals surface area contributed by atoms with E-state index in [0.29, 0.717) is 13.1 Å². The molecule has 0 amide bonds. The van der Waals surface area contributed by atoms with Crippen LogP contribution in [0, 0.1) is 11.3 Å². The van der Waals surface area contributed by atoms with Gasteiger partial charge in [0.25, 0.3) is 0 Å². The first-order valence-corrected chi connectivity index (χ1v) is 5.38. The smallest absolute Gasteiger partial charge is 0.111 e. The van der Waals surface area contributed by atoms with E-state index in [1.807, 2.05) is 28.8 Å². The van der Waals surface area contributed by atoms with Crippen LogP contribution in [-0.4, -0.2) is 16.1 Å². The van der Waals surface area contributed by atoms with Crippen LogP contribution in [0.3, 0.4) is 0 Å². The van der Waals surface area contributed by atoms with Gasteiger partial charge in [0.05, 0.1) is 17.1 Å².